The predicted molar refractivity (Wildman–Crippen MR) is 135 cm³/mol. The summed E-state index contributed by atoms with van der Waals surface area (Å²) < 4.78 is 1.77. The normalized spacial score (nSPS) is 14.5. The van der Waals surface area contributed by atoms with Crippen molar-refractivity contribution >= 4 is 17.5 Å². The van der Waals surface area contributed by atoms with Crippen molar-refractivity contribution in [2.45, 2.75) is 52.1 Å². The van der Waals surface area contributed by atoms with E-state index in [1.165, 1.54) is 37.9 Å². The minimum Gasteiger partial charge on any atom is -0.352 e. The Hall–Kier alpha value is -2.63. The third-order valence-electron chi connectivity index (χ3n) is 6.06. The molecular formula is C27H33ClN4O. The Bertz CT molecular complexity index is 1070. The standard InChI is InChI=1S/C27H33ClN4O/c1-20(2)29-27(33)19-32-26(23-7-6-8-24(28)17-23)18-25(30-32)22-11-9-21(10-12-22)13-16-31-14-4-3-5-15-31/h6-12,17-18,20H,3-5,13-16,19H2,1-2H3,(H,29,33). The average molecular weight is 465 g/mol. The molecule has 1 saturated heterocycles. The third kappa shape index (κ3) is 6.46. The van der Waals surface area contributed by atoms with Gasteiger partial charge in [0.1, 0.15) is 6.54 Å². The number of carbonyl (C=O) groups is 1. The minimum absolute atomic E-state index is 0.0593. The van der Waals surface area contributed by atoms with Crippen LogP contribution >= 0.6 is 11.6 Å². The molecule has 0 saturated carbocycles. The highest BCUT2D eigenvalue weighted by Crippen LogP contribution is 2.28. The number of nitrogens with zero attached hydrogens (tertiary/aromatic N) is 3. The Kier molecular flexibility index (Phi) is 7.84. The second kappa shape index (κ2) is 11.0. The van der Waals surface area contributed by atoms with Crippen LogP contribution in [0.25, 0.3) is 22.5 Å². The first-order chi connectivity index (χ1) is 16.0. The van der Waals surface area contributed by atoms with Crippen LogP contribution in [0.5, 0.6) is 0 Å². The van der Waals surface area contributed by atoms with Crippen molar-refractivity contribution in [3.05, 3.63) is 65.2 Å². The largest absolute Gasteiger partial charge is 0.352 e. The molecule has 5 nitrogen and oxygen atoms in total. The van der Waals surface area contributed by atoms with E-state index in [0.717, 1.165) is 35.5 Å². The van der Waals surface area contributed by atoms with Gasteiger partial charge in [0.15, 0.2) is 0 Å². The first-order valence-electron chi connectivity index (χ1n) is 11.9. The van der Waals surface area contributed by atoms with Gasteiger partial charge in [-0.15, -0.1) is 0 Å². The van der Waals surface area contributed by atoms with Gasteiger partial charge in [-0.25, -0.2) is 0 Å². The Balaban J connectivity index is 1.54. The molecule has 0 spiro atoms. The van der Waals surface area contributed by atoms with Gasteiger partial charge in [0.25, 0.3) is 0 Å². The van der Waals surface area contributed by atoms with Gasteiger partial charge < -0.3 is 10.2 Å². The van der Waals surface area contributed by atoms with Gasteiger partial charge in [-0.2, -0.15) is 5.10 Å². The summed E-state index contributed by atoms with van der Waals surface area (Å²) in [7, 11) is 0. The summed E-state index contributed by atoms with van der Waals surface area (Å²) in [5, 5.41) is 8.40. The monoisotopic (exact) mass is 464 g/mol. The fraction of sp³-hybridized carbons (Fsp3) is 0.407. The van der Waals surface area contributed by atoms with Crippen molar-refractivity contribution < 1.29 is 4.79 Å². The van der Waals surface area contributed by atoms with Crippen molar-refractivity contribution in [3.8, 4) is 22.5 Å². The number of hydrogen-bond donors (Lipinski definition) is 1. The van der Waals surface area contributed by atoms with Gasteiger partial charge in [-0.3, -0.25) is 9.48 Å². The zero-order valence-corrected chi connectivity index (χ0v) is 20.3. The third-order valence-corrected chi connectivity index (χ3v) is 6.29. The Morgan fingerprint density at radius 1 is 1.03 bits per heavy atom. The van der Waals surface area contributed by atoms with Crippen molar-refractivity contribution in [1.82, 2.24) is 20.0 Å². The quantitative estimate of drug-likeness (QED) is 0.484. The molecule has 174 valence electrons. The molecule has 2 aromatic carbocycles. The molecule has 6 heteroatoms. The molecule has 0 radical (unpaired) electrons. The van der Waals surface area contributed by atoms with E-state index in [-0.39, 0.29) is 18.5 Å². The topological polar surface area (TPSA) is 50.2 Å². The van der Waals surface area contributed by atoms with E-state index in [2.05, 4.69) is 34.5 Å². The van der Waals surface area contributed by atoms with Crippen LogP contribution in [-0.4, -0.2) is 46.3 Å². The van der Waals surface area contributed by atoms with Gasteiger partial charge in [-0.05, 0) is 70.0 Å². The lowest BCUT2D eigenvalue weighted by Gasteiger charge is -2.26. The highest BCUT2D eigenvalue weighted by atomic mass is 35.5. The van der Waals surface area contributed by atoms with E-state index in [4.69, 9.17) is 16.7 Å². The van der Waals surface area contributed by atoms with Crippen LogP contribution in [0.15, 0.2) is 54.6 Å². The summed E-state index contributed by atoms with van der Waals surface area (Å²) >= 11 is 6.24. The molecule has 0 bridgehead atoms. The van der Waals surface area contributed by atoms with Gasteiger partial charge >= 0.3 is 0 Å². The number of halogens is 1. The maximum absolute atomic E-state index is 12.5. The number of aromatic nitrogens is 2. The predicted octanol–water partition coefficient (Wildman–Crippen LogP) is 5.42. The number of carbonyl (C=O) groups excluding carboxylic acids is 1. The van der Waals surface area contributed by atoms with Crippen molar-refractivity contribution in [3.63, 3.8) is 0 Å². The first-order valence-corrected chi connectivity index (χ1v) is 12.3. The summed E-state index contributed by atoms with van der Waals surface area (Å²) in [5.74, 6) is -0.0593. The van der Waals surface area contributed by atoms with Crippen molar-refractivity contribution in [2.75, 3.05) is 19.6 Å². The molecule has 4 rings (SSSR count). The average Bonchev–Trinajstić information content (AvgIpc) is 3.22. The molecular weight excluding hydrogens is 432 g/mol. The molecule has 1 amide bonds. The van der Waals surface area contributed by atoms with Crippen molar-refractivity contribution in [1.29, 1.82) is 0 Å². The molecule has 33 heavy (non-hydrogen) atoms. The van der Waals surface area contributed by atoms with Crippen LogP contribution in [-0.2, 0) is 17.8 Å². The van der Waals surface area contributed by atoms with E-state index < -0.39 is 0 Å². The van der Waals surface area contributed by atoms with E-state index in [1.54, 1.807) is 4.68 Å². The molecule has 1 aromatic heterocycles. The summed E-state index contributed by atoms with van der Waals surface area (Å²) in [6, 6.07) is 18.4. The van der Waals surface area contributed by atoms with Crippen LogP contribution in [0.1, 0.15) is 38.7 Å². The Morgan fingerprint density at radius 3 is 2.48 bits per heavy atom. The lowest BCUT2D eigenvalue weighted by molar-refractivity contribution is -0.122. The maximum atomic E-state index is 12.5. The van der Waals surface area contributed by atoms with Crippen LogP contribution in [0.3, 0.4) is 0 Å². The second-order valence-electron chi connectivity index (χ2n) is 9.15. The number of rotatable bonds is 8. The van der Waals surface area contributed by atoms with Gasteiger partial charge in [0.2, 0.25) is 5.91 Å². The maximum Gasteiger partial charge on any atom is 0.241 e. The molecule has 1 aliphatic rings. The molecule has 1 aliphatic heterocycles. The lowest BCUT2D eigenvalue weighted by atomic mass is 10.0. The smallest absolute Gasteiger partial charge is 0.241 e. The van der Waals surface area contributed by atoms with Gasteiger partial charge in [0, 0.05) is 28.7 Å². The number of piperidine rings is 1. The van der Waals surface area contributed by atoms with E-state index >= 15 is 0 Å². The summed E-state index contributed by atoms with van der Waals surface area (Å²) in [4.78, 5) is 15.0. The number of likely N-dealkylation sites (tertiary alicyclic amines) is 1. The van der Waals surface area contributed by atoms with Crippen LogP contribution < -0.4 is 5.32 Å². The summed E-state index contributed by atoms with van der Waals surface area (Å²) in [6.45, 7) is 7.65. The molecule has 1 N–H and O–H groups in total. The Labute approximate surface area is 201 Å². The van der Waals surface area contributed by atoms with Crippen LogP contribution in [0.4, 0.5) is 0 Å². The van der Waals surface area contributed by atoms with Crippen molar-refractivity contribution in [2.24, 2.45) is 0 Å². The molecule has 0 aliphatic carbocycles. The molecule has 3 aromatic rings. The Morgan fingerprint density at radius 2 is 1.79 bits per heavy atom. The number of amides is 1. The fourth-order valence-electron chi connectivity index (χ4n) is 4.37. The molecule has 2 heterocycles. The highest BCUT2D eigenvalue weighted by molar-refractivity contribution is 6.30. The summed E-state index contributed by atoms with van der Waals surface area (Å²) in [6.07, 6.45) is 5.09. The van der Waals surface area contributed by atoms with E-state index in [9.17, 15) is 4.79 Å². The SMILES string of the molecule is CC(C)NC(=O)Cn1nc(-c2ccc(CCN3CCCCC3)cc2)cc1-c1cccc(Cl)c1. The zero-order valence-electron chi connectivity index (χ0n) is 19.6. The number of nitrogens with one attached hydrogen (secondary N) is 1. The van der Waals surface area contributed by atoms with Gasteiger partial charge in [-0.1, -0.05) is 54.4 Å². The fourth-order valence-corrected chi connectivity index (χ4v) is 4.56. The molecule has 0 atom stereocenters. The van der Waals surface area contributed by atoms with Gasteiger partial charge in [0.05, 0.1) is 11.4 Å². The second-order valence-corrected chi connectivity index (χ2v) is 9.59. The molecule has 1 fully saturated rings. The van der Waals surface area contributed by atoms with E-state index in [1.807, 2.05) is 44.2 Å². The van der Waals surface area contributed by atoms with Crippen LogP contribution in [0, 0.1) is 0 Å². The zero-order chi connectivity index (χ0) is 23.2. The highest BCUT2D eigenvalue weighted by Gasteiger charge is 2.15. The lowest BCUT2D eigenvalue weighted by Crippen LogP contribution is -2.33. The summed E-state index contributed by atoms with van der Waals surface area (Å²) in [5.41, 5.74) is 5.06. The molecule has 0 unspecified atom stereocenters. The number of hydrogen-bond acceptors (Lipinski definition) is 3. The number of benzene rings is 2. The van der Waals surface area contributed by atoms with Crippen LogP contribution in [0.2, 0.25) is 5.02 Å². The van der Waals surface area contributed by atoms with E-state index in [0.29, 0.717) is 5.02 Å². The minimum atomic E-state index is -0.0593. The first kappa shape index (κ1) is 23.5.